The van der Waals surface area contributed by atoms with E-state index in [9.17, 15) is 9.59 Å². The number of fused-ring (bicyclic) bond motifs is 1. The molecule has 3 aromatic rings. The van der Waals surface area contributed by atoms with Gasteiger partial charge in [-0.1, -0.05) is 35.1 Å². The summed E-state index contributed by atoms with van der Waals surface area (Å²) in [4.78, 5) is 28.9. The molecule has 0 aliphatic rings. The molecule has 0 atom stereocenters. The van der Waals surface area contributed by atoms with Crippen LogP contribution >= 0.6 is 22.9 Å². The summed E-state index contributed by atoms with van der Waals surface area (Å²) in [6, 6.07) is 12.0. The third-order valence-corrected chi connectivity index (χ3v) is 4.95. The average Bonchev–Trinajstić information content (AvgIpc) is 2.98. The number of methoxy groups -OCH3 is 2. The molecule has 2 aromatic carbocycles. The highest BCUT2D eigenvalue weighted by Crippen LogP contribution is 2.27. The molecule has 1 aromatic heterocycles. The van der Waals surface area contributed by atoms with Gasteiger partial charge in [-0.3, -0.25) is 9.59 Å². The number of ether oxygens (including phenoxy) is 2. The van der Waals surface area contributed by atoms with E-state index in [1.807, 2.05) is 12.1 Å². The van der Waals surface area contributed by atoms with Crippen LogP contribution in [0.5, 0.6) is 5.75 Å². The summed E-state index contributed by atoms with van der Waals surface area (Å²) >= 11 is 7.23. The van der Waals surface area contributed by atoms with E-state index >= 15 is 0 Å². The molecule has 1 amide bonds. The van der Waals surface area contributed by atoms with Crippen LogP contribution in [0.4, 0.5) is 0 Å². The minimum absolute atomic E-state index is 0.0848. The van der Waals surface area contributed by atoms with Gasteiger partial charge in [-0.05, 0) is 30.3 Å². The summed E-state index contributed by atoms with van der Waals surface area (Å²) < 4.78 is 12.6. The number of esters is 1. The van der Waals surface area contributed by atoms with E-state index in [0.29, 0.717) is 26.7 Å². The van der Waals surface area contributed by atoms with Gasteiger partial charge in [-0.2, -0.15) is 4.99 Å². The quantitative estimate of drug-likeness (QED) is 0.641. The first kappa shape index (κ1) is 18.2. The van der Waals surface area contributed by atoms with Gasteiger partial charge < -0.3 is 14.0 Å². The van der Waals surface area contributed by atoms with Crippen molar-refractivity contribution in [2.75, 3.05) is 14.2 Å². The Morgan fingerprint density at radius 1 is 1.19 bits per heavy atom. The molecule has 3 rings (SSSR count). The molecule has 8 heteroatoms. The first-order valence-electron chi connectivity index (χ1n) is 7.61. The zero-order valence-corrected chi connectivity index (χ0v) is 15.6. The SMILES string of the molecule is COC(=O)Cn1c(=NC(=O)c2cccc(Cl)c2)sc2cccc(OC)c21. The Balaban J connectivity index is 2.19. The molecule has 134 valence electrons. The topological polar surface area (TPSA) is 69.9 Å². The fourth-order valence-corrected chi connectivity index (χ4v) is 3.70. The van der Waals surface area contributed by atoms with Crippen molar-refractivity contribution in [3.63, 3.8) is 0 Å². The van der Waals surface area contributed by atoms with Gasteiger partial charge in [0.15, 0.2) is 4.80 Å². The van der Waals surface area contributed by atoms with Gasteiger partial charge in [0.1, 0.15) is 17.8 Å². The van der Waals surface area contributed by atoms with E-state index in [2.05, 4.69) is 4.99 Å². The number of hydrogen-bond acceptors (Lipinski definition) is 5. The maximum atomic E-state index is 12.5. The molecule has 0 radical (unpaired) electrons. The van der Waals surface area contributed by atoms with Gasteiger partial charge in [0.2, 0.25) is 0 Å². The lowest BCUT2D eigenvalue weighted by molar-refractivity contribution is -0.141. The average molecular weight is 391 g/mol. The van der Waals surface area contributed by atoms with Crippen LogP contribution in [0, 0.1) is 0 Å². The number of aromatic nitrogens is 1. The van der Waals surface area contributed by atoms with Gasteiger partial charge in [0, 0.05) is 10.6 Å². The summed E-state index contributed by atoms with van der Waals surface area (Å²) in [7, 11) is 2.85. The van der Waals surface area contributed by atoms with Crippen LogP contribution in [-0.2, 0) is 16.1 Å². The number of benzene rings is 2. The standard InChI is InChI=1S/C18H15ClN2O4S/c1-24-13-7-4-8-14-16(13)21(10-15(22)25-2)18(26-14)20-17(23)11-5-3-6-12(19)9-11/h3-9H,10H2,1-2H3. The van der Waals surface area contributed by atoms with Crippen LogP contribution in [0.15, 0.2) is 47.5 Å². The normalized spacial score (nSPS) is 11.6. The molecule has 0 saturated heterocycles. The van der Waals surface area contributed by atoms with E-state index < -0.39 is 11.9 Å². The smallest absolute Gasteiger partial charge is 0.325 e. The van der Waals surface area contributed by atoms with E-state index in [-0.39, 0.29) is 6.54 Å². The van der Waals surface area contributed by atoms with Crippen molar-refractivity contribution >= 4 is 45.0 Å². The van der Waals surface area contributed by atoms with Gasteiger partial charge in [-0.15, -0.1) is 0 Å². The Labute approximate surface area is 158 Å². The molecule has 6 nitrogen and oxygen atoms in total. The summed E-state index contributed by atoms with van der Waals surface area (Å²) in [6.45, 7) is -0.0848. The Bertz CT molecular complexity index is 1050. The van der Waals surface area contributed by atoms with E-state index in [1.54, 1.807) is 42.0 Å². The Morgan fingerprint density at radius 2 is 1.96 bits per heavy atom. The number of hydrogen-bond donors (Lipinski definition) is 0. The van der Waals surface area contributed by atoms with Crippen LogP contribution in [0.2, 0.25) is 5.02 Å². The summed E-state index contributed by atoms with van der Waals surface area (Å²) in [6.07, 6.45) is 0. The molecule has 0 bridgehead atoms. The van der Waals surface area contributed by atoms with Crippen molar-refractivity contribution in [2.45, 2.75) is 6.54 Å². The van der Waals surface area contributed by atoms with Crippen molar-refractivity contribution in [3.8, 4) is 5.75 Å². The molecule has 26 heavy (non-hydrogen) atoms. The number of rotatable bonds is 4. The summed E-state index contributed by atoms with van der Waals surface area (Å²) in [5.41, 5.74) is 1.05. The van der Waals surface area contributed by atoms with Gasteiger partial charge in [0.25, 0.3) is 5.91 Å². The highest BCUT2D eigenvalue weighted by molar-refractivity contribution is 7.16. The molecule has 0 aliphatic heterocycles. The number of carbonyl (C=O) groups excluding carboxylic acids is 2. The lowest BCUT2D eigenvalue weighted by Gasteiger charge is -2.07. The van der Waals surface area contributed by atoms with Crippen LogP contribution in [-0.4, -0.2) is 30.7 Å². The summed E-state index contributed by atoms with van der Waals surface area (Å²) in [5, 5.41) is 0.450. The minimum Gasteiger partial charge on any atom is -0.495 e. The predicted octanol–water partition coefficient (Wildman–Crippen LogP) is 3.28. The number of thiazole rings is 1. The first-order valence-corrected chi connectivity index (χ1v) is 8.80. The second-order valence-corrected chi connectivity index (χ2v) is 6.73. The van der Waals surface area contributed by atoms with Crippen molar-refractivity contribution in [1.82, 2.24) is 4.57 Å². The molecule has 0 unspecified atom stereocenters. The van der Waals surface area contributed by atoms with Crippen LogP contribution < -0.4 is 9.54 Å². The number of carbonyl (C=O) groups is 2. The van der Waals surface area contributed by atoms with Crippen molar-refractivity contribution in [3.05, 3.63) is 57.9 Å². The zero-order valence-electron chi connectivity index (χ0n) is 14.1. The first-order chi connectivity index (χ1) is 12.5. The minimum atomic E-state index is -0.452. The number of nitrogens with zero attached hydrogens (tertiary/aromatic N) is 2. The van der Waals surface area contributed by atoms with Gasteiger partial charge in [0.05, 0.1) is 18.9 Å². The lowest BCUT2D eigenvalue weighted by Crippen LogP contribution is -2.22. The molecule has 0 N–H and O–H groups in total. The number of halogens is 1. The molecule has 0 fully saturated rings. The van der Waals surface area contributed by atoms with E-state index in [1.165, 1.54) is 18.4 Å². The molecule has 1 heterocycles. The Morgan fingerprint density at radius 3 is 2.65 bits per heavy atom. The van der Waals surface area contributed by atoms with Crippen LogP contribution in [0.1, 0.15) is 10.4 Å². The third kappa shape index (κ3) is 3.63. The Hall–Kier alpha value is -2.64. The third-order valence-electron chi connectivity index (χ3n) is 3.67. The molecule has 0 spiro atoms. The molecular weight excluding hydrogens is 376 g/mol. The molecule has 0 saturated carbocycles. The predicted molar refractivity (Wildman–Crippen MR) is 99.7 cm³/mol. The van der Waals surface area contributed by atoms with Crippen LogP contribution in [0.3, 0.4) is 0 Å². The van der Waals surface area contributed by atoms with E-state index in [0.717, 1.165) is 4.70 Å². The highest BCUT2D eigenvalue weighted by atomic mass is 35.5. The monoisotopic (exact) mass is 390 g/mol. The zero-order chi connectivity index (χ0) is 18.7. The van der Waals surface area contributed by atoms with Crippen molar-refractivity contribution < 1.29 is 19.1 Å². The van der Waals surface area contributed by atoms with Gasteiger partial charge in [-0.25, -0.2) is 0 Å². The van der Waals surface area contributed by atoms with E-state index in [4.69, 9.17) is 21.1 Å². The number of amides is 1. The largest absolute Gasteiger partial charge is 0.495 e. The van der Waals surface area contributed by atoms with Crippen molar-refractivity contribution in [2.24, 2.45) is 4.99 Å². The molecular formula is C18H15ClN2O4S. The number of para-hydroxylation sites is 1. The second kappa shape index (κ2) is 7.72. The second-order valence-electron chi connectivity index (χ2n) is 5.28. The maximum Gasteiger partial charge on any atom is 0.325 e. The lowest BCUT2D eigenvalue weighted by atomic mass is 10.2. The van der Waals surface area contributed by atoms with Crippen LogP contribution in [0.25, 0.3) is 10.2 Å². The fourth-order valence-electron chi connectivity index (χ4n) is 2.46. The highest BCUT2D eigenvalue weighted by Gasteiger charge is 2.15. The van der Waals surface area contributed by atoms with Crippen molar-refractivity contribution in [1.29, 1.82) is 0 Å². The Kier molecular flexibility index (Phi) is 5.39. The fraction of sp³-hybridized carbons (Fsp3) is 0.167. The maximum absolute atomic E-state index is 12.5. The van der Waals surface area contributed by atoms with Gasteiger partial charge >= 0.3 is 5.97 Å². The summed E-state index contributed by atoms with van der Waals surface area (Å²) in [5.74, 6) is -0.316. The molecule has 0 aliphatic carbocycles.